The van der Waals surface area contributed by atoms with E-state index >= 15 is 0 Å². The number of hydrogen-bond donors (Lipinski definition) is 1. The molecule has 2 aromatic rings. The lowest BCUT2D eigenvalue weighted by molar-refractivity contribution is -0.137. The lowest BCUT2D eigenvalue weighted by atomic mass is 10.0. The van der Waals surface area contributed by atoms with Gasteiger partial charge >= 0.3 is 6.18 Å². The first kappa shape index (κ1) is 15.1. The van der Waals surface area contributed by atoms with Crippen LogP contribution in [0, 0.1) is 11.3 Å². The lowest BCUT2D eigenvalue weighted by Crippen LogP contribution is -2.05. The SMILES string of the molecule is CSc1nc(N)c(C#N)c(-c2ccc(C(F)(F)F)cc2)n1. The van der Waals surface area contributed by atoms with Gasteiger partial charge in [-0.15, -0.1) is 0 Å². The van der Waals surface area contributed by atoms with Crippen LogP contribution in [0.3, 0.4) is 0 Å². The Morgan fingerprint density at radius 3 is 2.29 bits per heavy atom. The summed E-state index contributed by atoms with van der Waals surface area (Å²) in [7, 11) is 0. The molecule has 0 aliphatic heterocycles. The lowest BCUT2D eigenvalue weighted by Gasteiger charge is -2.10. The second kappa shape index (κ2) is 5.61. The Balaban J connectivity index is 2.56. The van der Waals surface area contributed by atoms with Gasteiger partial charge in [0.2, 0.25) is 0 Å². The van der Waals surface area contributed by atoms with Gasteiger partial charge in [0.1, 0.15) is 17.5 Å². The van der Waals surface area contributed by atoms with Crippen LogP contribution in [-0.2, 0) is 6.18 Å². The maximum atomic E-state index is 12.5. The number of alkyl halides is 3. The largest absolute Gasteiger partial charge is 0.416 e. The number of nitrogens with zero attached hydrogens (tertiary/aromatic N) is 3. The van der Waals surface area contributed by atoms with Crippen LogP contribution in [0.4, 0.5) is 19.0 Å². The molecule has 1 heterocycles. The smallest absolute Gasteiger partial charge is 0.382 e. The van der Waals surface area contributed by atoms with Crippen LogP contribution in [-0.4, -0.2) is 16.2 Å². The summed E-state index contributed by atoms with van der Waals surface area (Å²) in [6.07, 6.45) is -2.68. The first-order chi connectivity index (χ1) is 9.86. The molecule has 0 aliphatic rings. The van der Waals surface area contributed by atoms with E-state index in [0.717, 1.165) is 12.1 Å². The quantitative estimate of drug-likeness (QED) is 0.680. The molecule has 0 fully saturated rings. The van der Waals surface area contributed by atoms with Crippen molar-refractivity contribution in [2.75, 3.05) is 12.0 Å². The Hall–Kier alpha value is -2.27. The van der Waals surface area contributed by atoms with Gasteiger partial charge in [-0.05, 0) is 18.4 Å². The van der Waals surface area contributed by atoms with Crippen molar-refractivity contribution in [3.63, 3.8) is 0 Å². The summed E-state index contributed by atoms with van der Waals surface area (Å²) in [4.78, 5) is 8.09. The van der Waals surface area contributed by atoms with Gasteiger partial charge < -0.3 is 5.73 Å². The molecule has 1 aromatic heterocycles. The molecule has 8 heteroatoms. The number of aromatic nitrogens is 2. The molecule has 2 rings (SSSR count). The topological polar surface area (TPSA) is 75.6 Å². The summed E-state index contributed by atoms with van der Waals surface area (Å²) in [5, 5.41) is 9.46. The molecule has 0 atom stereocenters. The predicted octanol–water partition coefficient (Wildman–Crippen LogP) is 3.34. The number of nitriles is 1. The van der Waals surface area contributed by atoms with Crippen molar-refractivity contribution >= 4 is 17.6 Å². The summed E-state index contributed by atoms with van der Waals surface area (Å²) in [6.45, 7) is 0. The highest BCUT2D eigenvalue weighted by molar-refractivity contribution is 7.98. The third kappa shape index (κ3) is 3.08. The highest BCUT2D eigenvalue weighted by Gasteiger charge is 2.30. The first-order valence-corrected chi connectivity index (χ1v) is 6.88. The van der Waals surface area contributed by atoms with Crippen molar-refractivity contribution in [2.24, 2.45) is 0 Å². The van der Waals surface area contributed by atoms with Crippen molar-refractivity contribution < 1.29 is 13.2 Å². The van der Waals surface area contributed by atoms with Gasteiger partial charge in [0.15, 0.2) is 5.16 Å². The van der Waals surface area contributed by atoms with Gasteiger partial charge in [-0.3, -0.25) is 0 Å². The summed E-state index contributed by atoms with van der Waals surface area (Å²) in [5.41, 5.74) is 5.56. The third-order valence-electron chi connectivity index (χ3n) is 2.70. The zero-order chi connectivity index (χ0) is 15.6. The molecule has 2 N–H and O–H groups in total. The minimum atomic E-state index is -4.41. The second-order valence-corrected chi connectivity index (χ2v) is 4.78. The van der Waals surface area contributed by atoms with Crippen LogP contribution in [0.1, 0.15) is 11.1 Å². The molecule has 0 amide bonds. The number of benzene rings is 1. The number of rotatable bonds is 2. The van der Waals surface area contributed by atoms with E-state index in [-0.39, 0.29) is 17.1 Å². The van der Waals surface area contributed by atoms with Crippen LogP contribution in [0.2, 0.25) is 0 Å². The molecule has 0 spiro atoms. The molecule has 0 saturated carbocycles. The van der Waals surface area contributed by atoms with Crippen molar-refractivity contribution in [2.45, 2.75) is 11.3 Å². The predicted molar refractivity (Wildman–Crippen MR) is 73.4 cm³/mol. The Kier molecular flexibility index (Phi) is 4.04. The monoisotopic (exact) mass is 310 g/mol. The Bertz CT molecular complexity index is 705. The fourth-order valence-electron chi connectivity index (χ4n) is 1.68. The molecule has 0 aliphatic carbocycles. The zero-order valence-corrected chi connectivity index (χ0v) is 11.6. The molecule has 0 saturated heterocycles. The van der Waals surface area contributed by atoms with Crippen LogP contribution in [0.15, 0.2) is 29.4 Å². The fraction of sp³-hybridized carbons (Fsp3) is 0.154. The van der Waals surface area contributed by atoms with E-state index in [1.54, 1.807) is 6.26 Å². The second-order valence-electron chi connectivity index (χ2n) is 4.01. The molecule has 0 radical (unpaired) electrons. The van der Waals surface area contributed by atoms with Gasteiger partial charge in [-0.2, -0.15) is 18.4 Å². The summed E-state index contributed by atoms with van der Waals surface area (Å²) >= 11 is 1.23. The zero-order valence-electron chi connectivity index (χ0n) is 10.8. The summed E-state index contributed by atoms with van der Waals surface area (Å²) in [5.74, 6) is 0.00625. The number of nitrogen functional groups attached to an aromatic ring is 1. The van der Waals surface area contributed by atoms with E-state index in [0.29, 0.717) is 10.7 Å². The van der Waals surface area contributed by atoms with E-state index in [2.05, 4.69) is 9.97 Å². The molecule has 0 bridgehead atoms. The molecule has 0 unspecified atom stereocenters. The molecule has 1 aromatic carbocycles. The Morgan fingerprint density at radius 2 is 1.81 bits per heavy atom. The molecular weight excluding hydrogens is 301 g/mol. The molecular formula is C13H9F3N4S. The van der Waals surface area contributed by atoms with E-state index in [1.807, 2.05) is 6.07 Å². The molecule has 21 heavy (non-hydrogen) atoms. The average molecular weight is 310 g/mol. The molecule has 4 nitrogen and oxygen atoms in total. The van der Waals surface area contributed by atoms with Crippen LogP contribution in [0.25, 0.3) is 11.3 Å². The maximum Gasteiger partial charge on any atom is 0.416 e. The van der Waals surface area contributed by atoms with Gasteiger partial charge in [0.05, 0.1) is 11.3 Å². The van der Waals surface area contributed by atoms with Gasteiger partial charge in [-0.25, -0.2) is 9.97 Å². The van der Waals surface area contributed by atoms with E-state index in [1.165, 1.54) is 23.9 Å². The van der Waals surface area contributed by atoms with Crippen molar-refractivity contribution in [1.82, 2.24) is 9.97 Å². The Morgan fingerprint density at radius 1 is 1.19 bits per heavy atom. The highest BCUT2D eigenvalue weighted by atomic mass is 32.2. The van der Waals surface area contributed by atoms with Crippen LogP contribution >= 0.6 is 11.8 Å². The standard InChI is InChI=1S/C13H9F3N4S/c1-21-12-19-10(9(6-17)11(18)20-12)7-2-4-8(5-3-7)13(14,15)16/h2-5H,1H3,(H2,18,19,20). The number of thioether (sulfide) groups is 1. The highest BCUT2D eigenvalue weighted by Crippen LogP contribution is 2.32. The summed E-state index contributed by atoms with van der Waals surface area (Å²) in [6, 6.07) is 6.27. The fourth-order valence-corrected chi connectivity index (χ4v) is 2.06. The normalized spacial score (nSPS) is 11.2. The number of anilines is 1. The average Bonchev–Trinajstić information content (AvgIpc) is 2.45. The van der Waals surface area contributed by atoms with Gasteiger partial charge in [-0.1, -0.05) is 23.9 Å². The van der Waals surface area contributed by atoms with Crippen LogP contribution in [0.5, 0.6) is 0 Å². The summed E-state index contributed by atoms with van der Waals surface area (Å²) < 4.78 is 37.6. The number of nitrogens with two attached hydrogens (primary N) is 1. The van der Waals surface area contributed by atoms with Crippen molar-refractivity contribution in [3.05, 3.63) is 35.4 Å². The number of hydrogen-bond acceptors (Lipinski definition) is 5. The van der Waals surface area contributed by atoms with Crippen LogP contribution < -0.4 is 5.73 Å². The van der Waals surface area contributed by atoms with E-state index < -0.39 is 11.7 Å². The first-order valence-electron chi connectivity index (χ1n) is 5.66. The maximum absolute atomic E-state index is 12.5. The number of halogens is 3. The van der Waals surface area contributed by atoms with E-state index in [4.69, 9.17) is 11.0 Å². The minimum Gasteiger partial charge on any atom is -0.382 e. The Labute approximate surface area is 122 Å². The van der Waals surface area contributed by atoms with Crippen molar-refractivity contribution in [1.29, 1.82) is 5.26 Å². The molecule has 108 valence electrons. The van der Waals surface area contributed by atoms with E-state index in [9.17, 15) is 13.2 Å². The van der Waals surface area contributed by atoms with Gasteiger partial charge in [0.25, 0.3) is 0 Å². The van der Waals surface area contributed by atoms with Gasteiger partial charge in [0, 0.05) is 5.56 Å². The third-order valence-corrected chi connectivity index (χ3v) is 3.24. The minimum absolute atomic E-state index is 0.00625. The van der Waals surface area contributed by atoms with Crippen molar-refractivity contribution in [3.8, 4) is 17.3 Å².